The molecule has 0 heterocycles. The summed E-state index contributed by atoms with van der Waals surface area (Å²) in [6.45, 7) is 4.09. The van der Waals surface area contributed by atoms with Crippen molar-refractivity contribution >= 4 is 0 Å². The molecule has 0 spiro atoms. The Morgan fingerprint density at radius 2 is 1.14 bits per heavy atom. The van der Waals surface area contributed by atoms with Gasteiger partial charge in [-0.05, 0) is 79.6 Å². The molecule has 1 saturated carbocycles. The van der Waals surface area contributed by atoms with E-state index in [-0.39, 0.29) is 0 Å². The number of ether oxygens (including phenoxy) is 2. The van der Waals surface area contributed by atoms with E-state index in [9.17, 15) is 0 Å². The molecule has 28 heavy (non-hydrogen) atoms. The zero-order valence-electron chi connectivity index (χ0n) is 17.2. The molecular formula is C24H34N2O2. The van der Waals surface area contributed by atoms with Crippen LogP contribution in [0, 0.1) is 11.8 Å². The third kappa shape index (κ3) is 6.54. The van der Waals surface area contributed by atoms with Crippen molar-refractivity contribution in [3.05, 3.63) is 59.7 Å². The third-order valence-corrected chi connectivity index (χ3v) is 5.73. The molecule has 2 atom stereocenters. The Morgan fingerprint density at radius 1 is 0.714 bits per heavy atom. The minimum absolute atomic E-state index is 0.791. The van der Waals surface area contributed by atoms with E-state index >= 15 is 0 Å². The minimum Gasteiger partial charge on any atom is -0.497 e. The quantitative estimate of drug-likeness (QED) is 0.640. The molecule has 0 aliphatic heterocycles. The van der Waals surface area contributed by atoms with Crippen LogP contribution in [0.15, 0.2) is 48.5 Å². The molecule has 1 aliphatic carbocycles. The smallest absolute Gasteiger partial charge is 0.118 e. The highest BCUT2D eigenvalue weighted by atomic mass is 16.5. The number of rotatable bonds is 10. The van der Waals surface area contributed by atoms with Gasteiger partial charge in [0.25, 0.3) is 0 Å². The fourth-order valence-electron chi connectivity index (χ4n) is 4.10. The Bertz CT molecular complexity index is 625. The summed E-state index contributed by atoms with van der Waals surface area (Å²) < 4.78 is 10.4. The summed E-state index contributed by atoms with van der Waals surface area (Å²) in [5.74, 6) is 3.42. The first-order chi connectivity index (χ1) is 13.8. The van der Waals surface area contributed by atoms with E-state index in [0.29, 0.717) is 0 Å². The van der Waals surface area contributed by atoms with Crippen LogP contribution in [0.25, 0.3) is 0 Å². The maximum atomic E-state index is 5.22. The van der Waals surface area contributed by atoms with E-state index < -0.39 is 0 Å². The van der Waals surface area contributed by atoms with E-state index in [1.165, 1.54) is 36.8 Å². The summed E-state index contributed by atoms with van der Waals surface area (Å²) in [6, 6.07) is 16.7. The number of methoxy groups -OCH3 is 2. The van der Waals surface area contributed by atoms with Crippen molar-refractivity contribution in [3.8, 4) is 11.5 Å². The normalized spacial score (nSPS) is 19.4. The number of nitrogens with one attached hydrogen (secondary N) is 2. The molecule has 2 aromatic carbocycles. The molecule has 0 saturated heterocycles. The Labute approximate surface area is 169 Å². The molecule has 0 radical (unpaired) electrons. The third-order valence-electron chi connectivity index (χ3n) is 5.73. The summed E-state index contributed by atoms with van der Waals surface area (Å²) in [5, 5.41) is 7.30. The van der Waals surface area contributed by atoms with Gasteiger partial charge in [-0.1, -0.05) is 30.7 Å². The summed E-state index contributed by atoms with van der Waals surface area (Å²) in [4.78, 5) is 0. The van der Waals surface area contributed by atoms with Gasteiger partial charge >= 0.3 is 0 Å². The standard InChI is InChI=1S/C24H34N2O2/c1-27-23-10-6-19(7-11-23)15-25-17-21-4-3-5-22(14-21)18-26-16-20-8-12-24(28-2)13-9-20/h6-13,21-22,25-26H,3-5,14-18H2,1-2H3. The van der Waals surface area contributed by atoms with Crippen molar-refractivity contribution in [1.82, 2.24) is 10.6 Å². The zero-order valence-corrected chi connectivity index (χ0v) is 17.2. The van der Waals surface area contributed by atoms with Gasteiger partial charge in [-0.3, -0.25) is 0 Å². The molecule has 3 rings (SSSR count). The largest absolute Gasteiger partial charge is 0.497 e. The lowest BCUT2D eigenvalue weighted by Crippen LogP contribution is -2.31. The number of hydrogen-bond donors (Lipinski definition) is 2. The van der Waals surface area contributed by atoms with E-state index in [4.69, 9.17) is 9.47 Å². The van der Waals surface area contributed by atoms with Crippen molar-refractivity contribution in [2.45, 2.75) is 38.8 Å². The Hall–Kier alpha value is -2.04. The molecule has 4 heteroatoms. The molecule has 2 N–H and O–H groups in total. The summed E-state index contributed by atoms with van der Waals surface area (Å²) >= 11 is 0. The fourth-order valence-corrected chi connectivity index (χ4v) is 4.10. The van der Waals surface area contributed by atoms with Gasteiger partial charge in [0, 0.05) is 13.1 Å². The van der Waals surface area contributed by atoms with Gasteiger partial charge in [-0.25, -0.2) is 0 Å². The molecule has 2 aromatic rings. The fraction of sp³-hybridized carbons (Fsp3) is 0.500. The minimum atomic E-state index is 0.791. The molecule has 1 aliphatic rings. The predicted octanol–water partition coefficient (Wildman–Crippen LogP) is 4.39. The van der Waals surface area contributed by atoms with Crippen LogP contribution in [0.1, 0.15) is 36.8 Å². The van der Waals surface area contributed by atoms with Crippen LogP contribution in [-0.2, 0) is 13.1 Å². The number of benzene rings is 2. The Kier molecular flexibility index (Phi) is 8.19. The molecule has 1 fully saturated rings. The lowest BCUT2D eigenvalue weighted by molar-refractivity contribution is 0.252. The van der Waals surface area contributed by atoms with E-state index in [1.54, 1.807) is 14.2 Å². The maximum Gasteiger partial charge on any atom is 0.118 e. The van der Waals surface area contributed by atoms with Gasteiger partial charge in [0.1, 0.15) is 11.5 Å². The van der Waals surface area contributed by atoms with Gasteiger partial charge in [-0.2, -0.15) is 0 Å². The first kappa shape index (κ1) is 20.7. The van der Waals surface area contributed by atoms with Crippen molar-refractivity contribution in [2.75, 3.05) is 27.3 Å². The van der Waals surface area contributed by atoms with Gasteiger partial charge in [0.05, 0.1) is 14.2 Å². The molecule has 2 unspecified atom stereocenters. The van der Waals surface area contributed by atoms with Crippen LogP contribution in [-0.4, -0.2) is 27.3 Å². The van der Waals surface area contributed by atoms with Gasteiger partial charge in [0.2, 0.25) is 0 Å². The highest BCUT2D eigenvalue weighted by Gasteiger charge is 2.21. The first-order valence-electron chi connectivity index (χ1n) is 10.4. The molecule has 0 bridgehead atoms. The van der Waals surface area contributed by atoms with Crippen molar-refractivity contribution in [2.24, 2.45) is 11.8 Å². The highest BCUT2D eigenvalue weighted by molar-refractivity contribution is 5.27. The number of hydrogen-bond acceptors (Lipinski definition) is 4. The van der Waals surface area contributed by atoms with Crippen LogP contribution < -0.4 is 20.1 Å². The monoisotopic (exact) mass is 382 g/mol. The van der Waals surface area contributed by atoms with Gasteiger partial charge in [-0.15, -0.1) is 0 Å². The zero-order chi connectivity index (χ0) is 19.6. The Morgan fingerprint density at radius 3 is 1.54 bits per heavy atom. The molecule has 4 nitrogen and oxygen atoms in total. The predicted molar refractivity (Wildman–Crippen MR) is 115 cm³/mol. The molecule has 152 valence electrons. The van der Waals surface area contributed by atoms with Crippen LogP contribution in [0.3, 0.4) is 0 Å². The average Bonchev–Trinajstić information content (AvgIpc) is 2.75. The van der Waals surface area contributed by atoms with E-state index in [1.807, 2.05) is 24.3 Å². The summed E-state index contributed by atoms with van der Waals surface area (Å²) in [7, 11) is 3.41. The van der Waals surface area contributed by atoms with E-state index in [2.05, 4.69) is 34.9 Å². The highest BCUT2D eigenvalue weighted by Crippen LogP contribution is 2.28. The van der Waals surface area contributed by atoms with Crippen LogP contribution >= 0.6 is 0 Å². The van der Waals surface area contributed by atoms with Crippen molar-refractivity contribution in [1.29, 1.82) is 0 Å². The lowest BCUT2D eigenvalue weighted by atomic mass is 9.81. The van der Waals surface area contributed by atoms with Crippen LogP contribution in [0.5, 0.6) is 11.5 Å². The van der Waals surface area contributed by atoms with Gasteiger partial charge in [0.15, 0.2) is 0 Å². The van der Waals surface area contributed by atoms with Crippen molar-refractivity contribution < 1.29 is 9.47 Å². The first-order valence-corrected chi connectivity index (χ1v) is 10.4. The van der Waals surface area contributed by atoms with Crippen molar-refractivity contribution in [3.63, 3.8) is 0 Å². The molecule has 0 amide bonds. The lowest BCUT2D eigenvalue weighted by Gasteiger charge is -2.29. The second-order valence-corrected chi connectivity index (χ2v) is 7.86. The second-order valence-electron chi connectivity index (χ2n) is 7.86. The molecular weight excluding hydrogens is 348 g/mol. The summed E-state index contributed by atoms with van der Waals surface area (Å²) in [6.07, 6.45) is 5.38. The van der Waals surface area contributed by atoms with Crippen LogP contribution in [0.4, 0.5) is 0 Å². The summed E-state index contributed by atoms with van der Waals surface area (Å²) in [5.41, 5.74) is 2.63. The SMILES string of the molecule is COc1ccc(CNCC2CCCC(CNCc3ccc(OC)cc3)C2)cc1. The average molecular weight is 383 g/mol. The second kappa shape index (κ2) is 11.1. The van der Waals surface area contributed by atoms with E-state index in [0.717, 1.165) is 49.5 Å². The molecule has 0 aromatic heterocycles. The topological polar surface area (TPSA) is 42.5 Å². The van der Waals surface area contributed by atoms with Gasteiger partial charge < -0.3 is 20.1 Å². The Balaban J connectivity index is 1.33. The maximum absolute atomic E-state index is 5.22. The van der Waals surface area contributed by atoms with Crippen LogP contribution in [0.2, 0.25) is 0 Å².